The number of fused-ring (bicyclic) bond motifs is 1. The van der Waals surface area contributed by atoms with Gasteiger partial charge in [-0.25, -0.2) is 4.79 Å². The molecule has 0 unspecified atom stereocenters. The molecule has 2 aromatic carbocycles. The van der Waals surface area contributed by atoms with Crippen LogP contribution in [0.4, 0.5) is 5.69 Å². The van der Waals surface area contributed by atoms with E-state index in [0.29, 0.717) is 11.3 Å². The number of carbonyl (C=O) groups is 3. The first kappa shape index (κ1) is 17.9. The second kappa shape index (κ2) is 6.72. The van der Waals surface area contributed by atoms with Crippen molar-refractivity contribution in [3.63, 3.8) is 0 Å². The van der Waals surface area contributed by atoms with Gasteiger partial charge in [0.2, 0.25) is 5.91 Å². The number of nitrogens with one attached hydrogen (secondary N) is 1. The molecule has 1 saturated heterocycles. The number of hydrogen-bond donors (Lipinski definition) is 1. The van der Waals surface area contributed by atoms with E-state index in [9.17, 15) is 14.4 Å². The average Bonchev–Trinajstić information content (AvgIpc) is 3.36. The highest BCUT2D eigenvalue weighted by molar-refractivity contribution is 5.98. The van der Waals surface area contributed by atoms with Crippen LogP contribution in [0.2, 0.25) is 0 Å². The molecule has 2 aromatic rings. The first-order valence-electron chi connectivity index (χ1n) is 9.86. The number of hydrogen-bond acceptors (Lipinski definition) is 5. The van der Waals surface area contributed by atoms with Crippen molar-refractivity contribution >= 4 is 23.5 Å². The number of benzene rings is 2. The fraction of sp³-hybridized carbons (Fsp3) is 0.348. The molecule has 0 spiro atoms. The lowest BCUT2D eigenvalue weighted by Crippen LogP contribution is -2.35. The first-order chi connectivity index (χ1) is 14.1. The van der Waals surface area contributed by atoms with Crippen LogP contribution in [-0.2, 0) is 19.1 Å². The topological polar surface area (TPSA) is 81.7 Å². The molecule has 0 radical (unpaired) electrons. The Balaban J connectivity index is 1.34. The smallest absolute Gasteiger partial charge is 0.338 e. The Labute approximate surface area is 168 Å². The van der Waals surface area contributed by atoms with E-state index in [0.717, 1.165) is 24.0 Å². The molecule has 0 aromatic heterocycles. The molecule has 2 bridgehead atoms. The molecule has 1 amide bonds. The molecule has 3 aliphatic rings. The van der Waals surface area contributed by atoms with Gasteiger partial charge in [-0.05, 0) is 48.1 Å². The monoisotopic (exact) mass is 391 g/mol. The number of anilines is 1. The van der Waals surface area contributed by atoms with Gasteiger partial charge in [-0.15, -0.1) is 0 Å². The van der Waals surface area contributed by atoms with Crippen LogP contribution in [0.3, 0.4) is 0 Å². The predicted molar refractivity (Wildman–Crippen MR) is 105 cm³/mol. The number of amides is 1. The van der Waals surface area contributed by atoms with Gasteiger partial charge in [0.1, 0.15) is 6.10 Å². The van der Waals surface area contributed by atoms with Crippen molar-refractivity contribution in [2.24, 2.45) is 23.7 Å². The van der Waals surface area contributed by atoms with Crippen LogP contribution in [0.15, 0.2) is 48.5 Å². The number of esters is 2. The summed E-state index contributed by atoms with van der Waals surface area (Å²) in [6, 6.07) is 14.6. The van der Waals surface area contributed by atoms with Crippen LogP contribution in [0.1, 0.15) is 23.2 Å². The molecule has 2 aliphatic carbocycles. The van der Waals surface area contributed by atoms with Gasteiger partial charge >= 0.3 is 11.9 Å². The second-order valence-electron chi connectivity index (χ2n) is 8.03. The van der Waals surface area contributed by atoms with Gasteiger partial charge in [0, 0.05) is 11.6 Å². The Hall–Kier alpha value is -3.15. The second-order valence-corrected chi connectivity index (χ2v) is 8.03. The summed E-state index contributed by atoms with van der Waals surface area (Å²) in [6.07, 6.45) is 1.73. The van der Waals surface area contributed by atoms with Crippen molar-refractivity contribution in [3.05, 3.63) is 54.1 Å². The SMILES string of the molecule is COC(=O)c1ccccc1-c1ccc(NC(=O)[C@@H]2[C@H]3C[C@@H]4[C@@H]2C(=O)O[C@@H]4C3)cc1. The summed E-state index contributed by atoms with van der Waals surface area (Å²) >= 11 is 0. The minimum absolute atomic E-state index is 0.0238. The lowest BCUT2D eigenvalue weighted by Gasteiger charge is -2.23. The normalized spacial score (nSPS) is 28.9. The summed E-state index contributed by atoms with van der Waals surface area (Å²) in [6.45, 7) is 0. The van der Waals surface area contributed by atoms with Crippen LogP contribution in [0, 0.1) is 23.7 Å². The third-order valence-corrected chi connectivity index (χ3v) is 6.58. The Morgan fingerprint density at radius 2 is 1.83 bits per heavy atom. The Kier molecular flexibility index (Phi) is 4.15. The molecule has 6 heteroatoms. The molecule has 29 heavy (non-hydrogen) atoms. The molecule has 5 rings (SSSR count). The Morgan fingerprint density at radius 1 is 1.07 bits per heavy atom. The molecule has 1 heterocycles. The Morgan fingerprint density at radius 3 is 2.59 bits per heavy atom. The number of carbonyl (C=O) groups excluding carboxylic acids is 3. The van der Waals surface area contributed by atoms with Gasteiger partial charge in [-0.3, -0.25) is 9.59 Å². The van der Waals surface area contributed by atoms with Crippen molar-refractivity contribution in [1.29, 1.82) is 0 Å². The third kappa shape index (κ3) is 2.82. The van der Waals surface area contributed by atoms with Gasteiger partial charge in [0.25, 0.3) is 0 Å². The quantitative estimate of drug-likeness (QED) is 0.809. The van der Waals surface area contributed by atoms with Gasteiger partial charge in [0.15, 0.2) is 0 Å². The number of ether oxygens (including phenoxy) is 2. The lowest BCUT2D eigenvalue weighted by atomic mass is 9.79. The summed E-state index contributed by atoms with van der Waals surface area (Å²) in [4.78, 5) is 37.0. The van der Waals surface area contributed by atoms with E-state index in [1.165, 1.54) is 7.11 Å². The fourth-order valence-corrected chi connectivity index (χ4v) is 5.34. The molecule has 3 fully saturated rings. The summed E-state index contributed by atoms with van der Waals surface area (Å²) in [5.41, 5.74) is 2.78. The fourth-order valence-electron chi connectivity index (χ4n) is 5.34. The largest absolute Gasteiger partial charge is 0.465 e. The van der Waals surface area contributed by atoms with Crippen LogP contribution in [0.5, 0.6) is 0 Å². The number of rotatable bonds is 4. The molecule has 1 aliphatic heterocycles. The van der Waals surface area contributed by atoms with E-state index >= 15 is 0 Å². The van der Waals surface area contributed by atoms with Crippen molar-refractivity contribution in [2.45, 2.75) is 18.9 Å². The van der Waals surface area contributed by atoms with Crippen LogP contribution in [-0.4, -0.2) is 31.1 Å². The van der Waals surface area contributed by atoms with Crippen molar-refractivity contribution in [1.82, 2.24) is 0 Å². The molecular weight excluding hydrogens is 370 g/mol. The molecule has 6 nitrogen and oxygen atoms in total. The highest BCUT2D eigenvalue weighted by Gasteiger charge is 2.63. The minimum atomic E-state index is -0.393. The average molecular weight is 391 g/mol. The highest BCUT2D eigenvalue weighted by Crippen LogP contribution is 2.57. The zero-order chi connectivity index (χ0) is 20.1. The van der Waals surface area contributed by atoms with Gasteiger partial charge in [0.05, 0.1) is 24.5 Å². The summed E-state index contributed by atoms with van der Waals surface area (Å²) in [5.74, 6) is -0.863. The molecular formula is C23H21NO5. The van der Waals surface area contributed by atoms with Crippen LogP contribution in [0.25, 0.3) is 11.1 Å². The van der Waals surface area contributed by atoms with Crippen molar-refractivity contribution in [3.8, 4) is 11.1 Å². The number of methoxy groups -OCH3 is 1. The van der Waals surface area contributed by atoms with Gasteiger partial charge in [-0.1, -0.05) is 30.3 Å². The van der Waals surface area contributed by atoms with Crippen molar-refractivity contribution < 1.29 is 23.9 Å². The maximum absolute atomic E-state index is 12.9. The predicted octanol–water partition coefficient (Wildman–Crippen LogP) is 3.28. The zero-order valence-electron chi connectivity index (χ0n) is 16.0. The van der Waals surface area contributed by atoms with E-state index in [1.54, 1.807) is 12.1 Å². The van der Waals surface area contributed by atoms with E-state index in [4.69, 9.17) is 9.47 Å². The minimum Gasteiger partial charge on any atom is -0.465 e. The van der Waals surface area contributed by atoms with E-state index in [-0.39, 0.29) is 41.7 Å². The van der Waals surface area contributed by atoms with Crippen LogP contribution >= 0.6 is 0 Å². The van der Waals surface area contributed by atoms with Gasteiger partial charge in [-0.2, -0.15) is 0 Å². The zero-order valence-corrected chi connectivity index (χ0v) is 16.0. The van der Waals surface area contributed by atoms with Crippen molar-refractivity contribution in [2.75, 3.05) is 12.4 Å². The Bertz CT molecular complexity index is 997. The van der Waals surface area contributed by atoms with E-state index in [1.807, 2.05) is 36.4 Å². The standard InChI is InChI=1S/C23H21NO5/c1-28-22(26)16-5-3-2-4-15(16)12-6-8-14(9-7-12)24-21(25)19-13-10-17-18(11-13)29-23(27)20(17)19/h2-9,13,17-20H,10-11H2,1H3,(H,24,25)/t13-,17-,18+,19+,20-/m0/s1. The van der Waals surface area contributed by atoms with E-state index in [2.05, 4.69) is 5.32 Å². The highest BCUT2D eigenvalue weighted by atomic mass is 16.6. The maximum atomic E-state index is 12.9. The maximum Gasteiger partial charge on any atom is 0.338 e. The molecule has 1 N–H and O–H groups in total. The molecule has 148 valence electrons. The summed E-state index contributed by atoms with van der Waals surface area (Å²) < 4.78 is 10.3. The first-order valence-corrected chi connectivity index (χ1v) is 9.86. The third-order valence-electron chi connectivity index (χ3n) is 6.58. The van der Waals surface area contributed by atoms with Gasteiger partial charge < -0.3 is 14.8 Å². The summed E-state index contributed by atoms with van der Waals surface area (Å²) in [7, 11) is 1.36. The van der Waals surface area contributed by atoms with Crippen LogP contribution < -0.4 is 5.32 Å². The molecule has 2 saturated carbocycles. The lowest BCUT2D eigenvalue weighted by molar-refractivity contribution is -0.145. The van der Waals surface area contributed by atoms with E-state index < -0.39 is 5.97 Å². The molecule has 5 atom stereocenters. The summed E-state index contributed by atoms with van der Waals surface area (Å²) in [5, 5.41) is 2.96.